The van der Waals surface area contributed by atoms with Gasteiger partial charge in [-0.15, -0.1) is 0 Å². The minimum absolute atomic E-state index is 0.0536. The number of benzene rings is 1. The van der Waals surface area contributed by atoms with Crippen molar-refractivity contribution in [2.24, 2.45) is 0 Å². The molecule has 4 N–H and O–H groups in total. The summed E-state index contributed by atoms with van der Waals surface area (Å²) in [5, 5.41) is 2.32. The summed E-state index contributed by atoms with van der Waals surface area (Å²) >= 11 is 2.85. The van der Waals surface area contributed by atoms with Crippen molar-refractivity contribution in [3.05, 3.63) is 22.4 Å². The number of nitrogens with two attached hydrogens (primary N) is 1. The number of carbonyl (C=O) groups is 1. The average molecular weight is 354 g/mol. The molecule has 0 aliphatic rings. The summed E-state index contributed by atoms with van der Waals surface area (Å²) in [6, 6.07) is 0.966. The van der Waals surface area contributed by atoms with Gasteiger partial charge in [-0.3, -0.25) is 0 Å². The van der Waals surface area contributed by atoms with E-state index in [1.807, 2.05) is 0 Å². The van der Waals surface area contributed by atoms with E-state index >= 15 is 0 Å². The molecule has 0 aromatic heterocycles. The second-order valence-electron chi connectivity index (χ2n) is 4.05. The minimum Gasteiger partial charge on any atom is -0.399 e. The van der Waals surface area contributed by atoms with Gasteiger partial charge in [0.15, 0.2) is 5.82 Å². The number of urea groups is 1. The topological polar surface area (TPSA) is 101 Å². The minimum atomic E-state index is -4.33. The van der Waals surface area contributed by atoms with Crippen LogP contribution in [0, 0.1) is 5.82 Å². The van der Waals surface area contributed by atoms with Crippen molar-refractivity contribution in [2.75, 3.05) is 5.73 Å². The molecule has 1 rings (SSSR count). The predicted octanol–water partition coefficient (Wildman–Crippen LogP) is 1.57. The summed E-state index contributed by atoms with van der Waals surface area (Å²) in [6.07, 6.45) is 0. The Morgan fingerprint density at radius 3 is 2.53 bits per heavy atom. The standard InChI is InChI=1S/C10H13BrFN3O3S/c1-5(2)14-10(16)15-19(17,18)8-4-6(13)3-7(11)9(8)12/h3-5H,13H2,1-2H3,(H2,14,15,16). The zero-order valence-corrected chi connectivity index (χ0v) is 12.6. The van der Waals surface area contributed by atoms with Gasteiger partial charge in [0.05, 0.1) is 4.47 Å². The molecular weight excluding hydrogens is 341 g/mol. The molecule has 0 atom stereocenters. The van der Waals surface area contributed by atoms with Crippen molar-refractivity contribution in [1.29, 1.82) is 0 Å². The number of hydrogen-bond donors (Lipinski definition) is 3. The lowest BCUT2D eigenvalue weighted by Crippen LogP contribution is -2.42. The highest BCUT2D eigenvalue weighted by molar-refractivity contribution is 9.10. The third-order valence-corrected chi connectivity index (χ3v) is 3.86. The summed E-state index contributed by atoms with van der Waals surface area (Å²) in [7, 11) is -4.33. The molecule has 0 heterocycles. The first-order valence-corrected chi connectivity index (χ1v) is 7.49. The zero-order chi connectivity index (χ0) is 14.8. The lowest BCUT2D eigenvalue weighted by atomic mass is 10.3. The van der Waals surface area contributed by atoms with Crippen LogP contribution < -0.4 is 15.8 Å². The van der Waals surface area contributed by atoms with Crippen molar-refractivity contribution in [3.8, 4) is 0 Å². The van der Waals surface area contributed by atoms with Crippen LogP contribution in [0.15, 0.2) is 21.5 Å². The number of nitrogens with one attached hydrogen (secondary N) is 2. The lowest BCUT2D eigenvalue weighted by Gasteiger charge is -2.12. The van der Waals surface area contributed by atoms with E-state index in [0.29, 0.717) is 0 Å². The van der Waals surface area contributed by atoms with Gasteiger partial charge in [0.25, 0.3) is 10.0 Å². The molecule has 0 bridgehead atoms. The number of nitrogen functional groups attached to an aromatic ring is 1. The van der Waals surface area contributed by atoms with E-state index in [0.717, 1.165) is 6.07 Å². The second kappa shape index (κ2) is 5.74. The fraction of sp³-hybridized carbons (Fsp3) is 0.300. The molecule has 19 heavy (non-hydrogen) atoms. The highest BCUT2D eigenvalue weighted by atomic mass is 79.9. The molecule has 0 spiro atoms. The van der Waals surface area contributed by atoms with E-state index < -0.39 is 26.8 Å². The molecule has 0 aliphatic heterocycles. The molecule has 0 unspecified atom stereocenters. The molecule has 0 saturated heterocycles. The van der Waals surface area contributed by atoms with Crippen molar-refractivity contribution in [2.45, 2.75) is 24.8 Å². The Hall–Kier alpha value is -1.35. The number of sulfonamides is 1. The van der Waals surface area contributed by atoms with Crippen LogP contribution in [-0.4, -0.2) is 20.5 Å². The smallest absolute Gasteiger partial charge is 0.328 e. The molecule has 0 aliphatic carbocycles. The van der Waals surface area contributed by atoms with E-state index in [4.69, 9.17) is 5.73 Å². The van der Waals surface area contributed by atoms with Gasteiger partial charge in [-0.05, 0) is 41.9 Å². The van der Waals surface area contributed by atoms with Crippen LogP contribution in [0.5, 0.6) is 0 Å². The zero-order valence-electron chi connectivity index (χ0n) is 10.2. The van der Waals surface area contributed by atoms with E-state index in [1.54, 1.807) is 18.6 Å². The number of anilines is 1. The molecular formula is C10H13BrFN3O3S. The van der Waals surface area contributed by atoms with Gasteiger partial charge in [-0.2, -0.15) is 0 Å². The number of amides is 2. The Balaban J connectivity index is 3.11. The van der Waals surface area contributed by atoms with Crippen LogP contribution in [-0.2, 0) is 10.0 Å². The number of hydrogen-bond acceptors (Lipinski definition) is 4. The Kier molecular flexibility index (Phi) is 4.75. The summed E-state index contributed by atoms with van der Waals surface area (Å²) < 4.78 is 39.1. The quantitative estimate of drug-likeness (QED) is 0.717. The van der Waals surface area contributed by atoms with Gasteiger partial charge >= 0.3 is 6.03 Å². The van der Waals surface area contributed by atoms with E-state index in [9.17, 15) is 17.6 Å². The van der Waals surface area contributed by atoms with Crippen molar-refractivity contribution in [1.82, 2.24) is 10.0 Å². The highest BCUT2D eigenvalue weighted by Crippen LogP contribution is 2.25. The Labute approximate surface area is 118 Å². The maximum absolute atomic E-state index is 13.7. The van der Waals surface area contributed by atoms with Crippen LogP contribution in [0.2, 0.25) is 0 Å². The molecule has 1 aromatic carbocycles. The molecule has 2 amide bonds. The van der Waals surface area contributed by atoms with Crippen molar-refractivity contribution >= 4 is 37.7 Å². The van der Waals surface area contributed by atoms with E-state index in [1.165, 1.54) is 6.07 Å². The number of carbonyl (C=O) groups excluding carboxylic acids is 1. The summed E-state index contributed by atoms with van der Waals surface area (Å²) in [5.41, 5.74) is 5.50. The third kappa shape index (κ3) is 4.06. The molecule has 0 fully saturated rings. The van der Waals surface area contributed by atoms with Crippen LogP contribution in [0.25, 0.3) is 0 Å². The summed E-state index contributed by atoms with van der Waals surface area (Å²) in [6.45, 7) is 3.31. The van der Waals surface area contributed by atoms with Gasteiger partial charge in [0.2, 0.25) is 0 Å². The van der Waals surface area contributed by atoms with E-state index in [2.05, 4.69) is 21.2 Å². The maximum Gasteiger partial charge on any atom is 0.328 e. The van der Waals surface area contributed by atoms with Crippen LogP contribution in [0.3, 0.4) is 0 Å². The molecule has 0 saturated carbocycles. The summed E-state index contributed by atoms with van der Waals surface area (Å²) in [4.78, 5) is 10.7. The number of halogens is 2. The lowest BCUT2D eigenvalue weighted by molar-refractivity contribution is 0.243. The van der Waals surface area contributed by atoms with Crippen molar-refractivity contribution in [3.63, 3.8) is 0 Å². The molecule has 106 valence electrons. The maximum atomic E-state index is 13.7. The Bertz CT molecular complexity index is 604. The summed E-state index contributed by atoms with van der Waals surface area (Å²) in [5.74, 6) is -1.01. The van der Waals surface area contributed by atoms with Crippen LogP contribution in [0.1, 0.15) is 13.8 Å². The third-order valence-electron chi connectivity index (χ3n) is 1.95. The first-order valence-electron chi connectivity index (χ1n) is 5.21. The van der Waals surface area contributed by atoms with Gasteiger partial charge in [-0.1, -0.05) is 0 Å². The predicted molar refractivity (Wildman–Crippen MR) is 72.5 cm³/mol. The van der Waals surface area contributed by atoms with E-state index in [-0.39, 0.29) is 16.2 Å². The van der Waals surface area contributed by atoms with Gasteiger partial charge in [0, 0.05) is 11.7 Å². The molecule has 1 aromatic rings. The van der Waals surface area contributed by atoms with Gasteiger partial charge in [-0.25, -0.2) is 22.3 Å². The van der Waals surface area contributed by atoms with Gasteiger partial charge < -0.3 is 11.1 Å². The Morgan fingerprint density at radius 1 is 1.42 bits per heavy atom. The van der Waals surface area contributed by atoms with Gasteiger partial charge in [0.1, 0.15) is 4.90 Å². The monoisotopic (exact) mass is 353 g/mol. The van der Waals surface area contributed by atoms with Crippen LogP contribution >= 0.6 is 15.9 Å². The molecule has 0 radical (unpaired) electrons. The fourth-order valence-corrected chi connectivity index (χ4v) is 2.91. The fourth-order valence-electron chi connectivity index (χ4n) is 1.25. The normalized spacial score (nSPS) is 11.4. The average Bonchev–Trinajstić information content (AvgIpc) is 2.20. The number of rotatable bonds is 3. The SMILES string of the molecule is CC(C)NC(=O)NS(=O)(=O)c1cc(N)cc(Br)c1F. The largest absolute Gasteiger partial charge is 0.399 e. The second-order valence-corrected chi connectivity index (χ2v) is 6.55. The highest BCUT2D eigenvalue weighted by Gasteiger charge is 2.24. The molecule has 6 nitrogen and oxygen atoms in total. The van der Waals surface area contributed by atoms with Crippen LogP contribution in [0.4, 0.5) is 14.9 Å². The molecule has 9 heteroatoms. The first-order chi connectivity index (χ1) is 8.63. The first kappa shape index (κ1) is 15.7. The van der Waals surface area contributed by atoms with Crippen molar-refractivity contribution < 1.29 is 17.6 Å². The Morgan fingerprint density at radius 2 is 2.00 bits per heavy atom.